The first-order valence-electron chi connectivity index (χ1n) is 11.3. The van der Waals surface area contributed by atoms with Crippen molar-refractivity contribution in [2.75, 3.05) is 0 Å². The quantitative estimate of drug-likeness (QED) is 0.473. The van der Waals surface area contributed by atoms with Crippen molar-refractivity contribution >= 4 is 0 Å². The zero-order chi connectivity index (χ0) is 22.1. The third-order valence-corrected chi connectivity index (χ3v) is 3.90. The fraction of sp³-hybridized carbons (Fsp3) is 0.840. The first kappa shape index (κ1) is 28.3. The molecule has 0 saturated carbocycles. The van der Waals surface area contributed by atoms with Crippen molar-refractivity contribution in [3.8, 4) is 0 Å². The number of ether oxygens (including phenoxy) is 1. The Bertz CT molecular complexity index is 426. The molecule has 0 spiro atoms. The number of allylic oxidation sites excluding steroid dienone is 4. The van der Waals surface area contributed by atoms with Gasteiger partial charge in [-0.25, -0.2) is 0 Å². The van der Waals surface area contributed by atoms with Gasteiger partial charge in [0.15, 0.2) is 0 Å². The fourth-order valence-electron chi connectivity index (χ4n) is 3.10. The molecule has 0 aromatic heterocycles. The van der Waals surface area contributed by atoms with Crippen LogP contribution in [0.3, 0.4) is 0 Å². The molecule has 0 saturated heterocycles. The minimum atomic E-state index is 0.408. The Morgan fingerprint density at radius 1 is 0.519 bits per heavy atom. The Hall–Kier alpha value is -0.920. The molecule has 0 atom stereocenters. The molecule has 1 rings (SSSR count). The molecule has 0 aromatic rings. The molecule has 0 bridgehead atoms. The molecular weight excluding hydrogens is 330 g/mol. The second kappa shape index (κ2) is 13.3. The van der Waals surface area contributed by atoms with Crippen LogP contribution in [0.25, 0.3) is 0 Å². The fourth-order valence-corrected chi connectivity index (χ4v) is 3.10. The van der Waals surface area contributed by atoms with E-state index in [1.165, 1.54) is 11.4 Å². The van der Waals surface area contributed by atoms with Crippen LogP contribution >= 0.6 is 0 Å². The van der Waals surface area contributed by atoms with Gasteiger partial charge in [0.25, 0.3) is 0 Å². The van der Waals surface area contributed by atoms with E-state index in [0.717, 1.165) is 17.4 Å². The average Bonchev–Trinajstić information content (AvgIpc) is 2.53. The van der Waals surface area contributed by atoms with E-state index >= 15 is 0 Å². The monoisotopic (exact) mass is 381 g/mol. The van der Waals surface area contributed by atoms with Crippen molar-refractivity contribution in [1.82, 2.24) is 4.90 Å². The SMILES string of the molecule is CC.CC(C)C.CC(C)C1=C(C(C)C)N(C(C)C)C(C(C)C)=C(C(C)C)O1. The van der Waals surface area contributed by atoms with Crippen molar-refractivity contribution in [1.29, 1.82) is 0 Å². The van der Waals surface area contributed by atoms with E-state index in [0.29, 0.717) is 29.7 Å². The van der Waals surface area contributed by atoms with Gasteiger partial charge in [0, 0.05) is 17.9 Å². The Labute approximate surface area is 172 Å². The average molecular weight is 382 g/mol. The topological polar surface area (TPSA) is 12.5 Å². The van der Waals surface area contributed by atoms with Gasteiger partial charge in [-0.1, -0.05) is 90.0 Å². The summed E-state index contributed by atoms with van der Waals surface area (Å²) in [7, 11) is 0. The summed E-state index contributed by atoms with van der Waals surface area (Å²) < 4.78 is 6.46. The predicted octanol–water partition coefficient (Wildman–Crippen LogP) is 8.46. The second-order valence-corrected chi connectivity index (χ2v) is 9.42. The lowest BCUT2D eigenvalue weighted by molar-refractivity contribution is 0.143. The van der Waals surface area contributed by atoms with E-state index in [4.69, 9.17) is 4.74 Å². The minimum absolute atomic E-state index is 0.408. The van der Waals surface area contributed by atoms with Gasteiger partial charge in [0.2, 0.25) is 0 Å². The summed E-state index contributed by atoms with van der Waals surface area (Å²) in [5.41, 5.74) is 2.74. The summed E-state index contributed by atoms with van der Waals surface area (Å²) in [6, 6.07) is 0.450. The number of hydrogen-bond donors (Lipinski definition) is 0. The Kier molecular flexibility index (Phi) is 13.9. The van der Waals surface area contributed by atoms with Crippen molar-refractivity contribution in [2.24, 2.45) is 29.6 Å². The standard InChI is InChI=1S/C19H35NO.C4H10.C2H6/c1-11(2)16-18(13(5)6)21-19(14(7)8)17(12(3)4)20(16)15(9)10;1-4(2)3;1-2/h11-15H,1-10H3;4H,1-3H3;1-2H3. The lowest BCUT2D eigenvalue weighted by Gasteiger charge is -2.44. The van der Waals surface area contributed by atoms with Crippen molar-refractivity contribution < 1.29 is 4.74 Å². The first-order valence-corrected chi connectivity index (χ1v) is 11.3. The Balaban J connectivity index is 0. The maximum Gasteiger partial charge on any atom is 0.126 e. The van der Waals surface area contributed by atoms with E-state index in [9.17, 15) is 0 Å². The lowest BCUT2D eigenvalue weighted by Crippen LogP contribution is -2.40. The summed E-state index contributed by atoms with van der Waals surface area (Å²) in [4.78, 5) is 2.55. The highest BCUT2D eigenvalue weighted by Gasteiger charge is 2.35. The van der Waals surface area contributed by atoms with Crippen molar-refractivity contribution in [3.05, 3.63) is 22.9 Å². The summed E-state index contributed by atoms with van der Waals surface area (Å²) in [6.45, 7) is 33.1. The molecule has 1 aliphatic rings. The maximum atomic E-state index is 6.46. The maximum absolute atomic E-state index is 6.46. The molecule has 0 amide bonds. The highest BCUT2D eigenvalue weighted by Crippen LogP contribution is 2.41. The molecule has 1 aliphatic heterocycles. The smallest absolute Gasteiger partial charge is 0.126 e. The lowest BCUT2D eigenvalue weighted by atomic mass is 9.93. The van der Waals surface area contributed by atoms with Crippen LogP contribution in [0, 0.1) is 29.6 Å². The van der Waals surface area contributed by atoms with E-state index in [1.54, 1.807) is 0 Å². The van der Waals surface area contributed by atoms with Crippen LogP contribution < -0.4 is 0 Å². The van der Waals surface area contributed by atoms with Crippen LogP contribution in [0.4, 0.5) is 0 Å². The third-order valence-electron chi connectivity index (χ3n) is 3.90. The largest absolute Gasteiger partial charge is 0.462 e. The molecule has 1 heterocycles. The predicted molar refractivity (Wildman–Crippen MR) is 123 cm³/mol. The molecule has 0 aromatic carbocycles. The van der Waals surface area contributed by atoms with Crippen LogP contribution in [0.1, 0.15) is 104 Å². The van der Waals surface area contributed by atoms with Crippen LogP contribution in [0.15, 0.2) is 22.9 Å². The second-order valence-electron chi connectivity index (χ2n) is 9.42. The van der Waals surface area contributed by atoms with Crippen LogP contribution in [-0.2, 0) is 4.74 Å². The van der Waals surface area contributed by atoms with E-state index in [1.807, 2.05) is 13.8 Å². The molecule has 2 nitrogen and oxygen atoms in total. The summed E-state index contributed by atoms with van der Waals surface area (Å²) >= 11 is 0. The normalized spacial score (nSPS) is 14.9. The Morgan fingerprint density at radius 2 is 0.778 bits per heavy atom. The number of nitrogens with zero attached hydrogens (tertiary/aromatic N) is 1. The van der Waals surface area contributed by atoms with Gasteiger partial charge in [-0.2, -0.15) is 0 Å². The van der Waals surface area contributed by atoms with E-state index < -0.39 is 0 Å². The molecular formula is C25H51NO. The van der Waals surface area contributed by atoms with Crippen LogP contribution in [0.5, 0.6) is 0 Å². The summed E-state index contributed by atoms with van der Waals surface area (Å²) in [5.74, 6) is 4.90. The van der Waals surface area contributed by atoms with E-state index in [2.05, 4.69) is 94.9 Å². The van der Waals surface area contributed by atoms with Gasteiger partial charge in [0.1, 0.15) is 11.5 Å². The highest BCUT2D eigenvalue weighted by atomic mass is 16.5. The Morgan fingerprint density at radius 3 is 0.926 bits per heavy atom. The van der Waals surface area contributed by atoms with Crippen LogP contribution in [-0.4, -0.2) is 10.9 Å². The number of rotatable bonds is 5. The van der Waals surface area contributed by atoms with Gasteiger partial charge in [-0.3, -0.25) is 0 Å². The molecule has 2 heteroatoms. The van der Waals surface area contributed by atoms with E-state index in [-0.39, 0.29) is 0 Å². The molecule has 162 valence electrons. The zero-order valence-electron chi connectivity index (χ0n) is 21.3. The van der Waals surface area contributed by atoms with Gasteiger partial charge in [-0.15, -0.1) is 0 Å². The minimum Gasteiger partial charge on any atom is -0.462 e. The molecule has 0 N–H and O–H groups in total. The highest BCUT2D eigenvalue weighted by molar-refractivity contribution is 5.29. The zero-order valence-corrected chi connectivity index (χ0v) is 21.3. The summed E-state index contributed by atoms with van der Waals surface area (Å²) in [5, 5.41) is 0. The van der Waals surface area contributed by atoms with Gasteiger partial charge in [0.05, 0.1) is 11.4 Å². The van der Waals surface area contributed by atoms with Crippen molar-refractivity contribution in [2.45, 2.75) is 110 Å². The molecule has 0 radical (unpaired) electrons. The molecule has 27 heavy (non-hydrogen) atoms. The number of hydrogen-bond acceptors (Lipinski definition) is 2. The van der Waals surface area contributed by atoms with Gasteiger partial charge < -0.3 is 9.64 Å². The van der Waals surface area contributed by atoms with Crippen molar-refractivity contribution in [3.63, 3.8) is 0 Å². The third kappa shape index (κ3) is 8.75. The first-order chi connectivity index (χ1) is 12.3. The van der Waals surface area contributed by atoms with Crippen LogP contribution in [0.2, 0.25) is 0 Å². The molecule has 0 fully saturated rings. The van der Waals surface area contributed by atoms with Gasteiger partial charge >= 0.3 is 0 Å². The molecule has 0 aliphatic carbocycles. The van der Waals surface area contributed by atoms with Gasteiger partial charge in [-0.05, 0) is 31.6 Å². The molecule has 0 unspecified atom stereocenters. The summed E-state index contributed by atoms with van der Waals surface area (Å²) in [6.07, 6.45) is 0.